The lowest BCUT2D eigenvalue weighted by molar-refractivity contribution is -0.139. The normalized spacial score (nSPS) is 9.95. The molecule has 1 aromatic carbocycles. The van der Waals surface area contributed by atoms with Crippen LogP contribution in [0.15, 0.2) is 35.7 Å². The highest BCUT2D eigenvalue weighted by atomic mass is 32.1. The summed E-state index contributed by atoms with van der Waals surface area (Å²) in [5, 5.41) is 4.87. The molecule has 0 fully saturated rings. The van der Waals surface area contributed by atoms with Gasteiger partial charge in [-0.3, -0.25) is 9.59 Å². The van der Waals surface area contributed by atoms with Crippen molar-refractivity contribution in [3.8, 4) is 10.6 Å². The first-order chi connectivity index (χ1) is 9.20. The summed E-state index contributed by atoms with van der Waals surface area (Å²) in [6.07, 6.45) is 0. The Bertz CT molecular complexity index is 581. The first-order valence-corrected chi connectivity index (χ1v) is 6.44. The van der Waals surface area contributed by atoms with Crippen molar-refractivity contribution in [2.75, 3.05) is 13.7 Å². The number of amides is 1. The number of carbonyl (C=O) groups is 2. The van der Waals surface area contributed by atoms with Gasteiger partial charge in [-0.05, 0) is 0 Å². The second-order valence-corrected chi connectivity index (χ2v) is 4.52. The lowest BCUT2D eigenvalue weighted by Crippen LogP contribution is -2.30. The summed E-state index contributed by atoms with van der Waals surface area (Å²) in [5.41, 5.74) is 1.26. The highest BCUT2D eigenvalue weighted by Gasteiger charge is 2.12. The molecule has 0 aliphatic carbocycles. The molecule has 2 rings (SSSR count). The highest BCUT2D eigenvalue weighted by molar-refractivity contribution is 7.13. The van der Waals surface area contributed by atoms with Gasteiger partial charge in [-0.2, -0.15) is 0 Å². The molecular formula is C13H12N2O3S. The van der Waals surface area contributed by atoms with Crippen molar-refractivity contribution in [1.29, 1.82) is 0 Å². The molecule has 6 heteroatoms. The topological polar surface area (TPSA) is 68.3 Å². The van der Waals surface area contributed by atoms with E-state index >= 15 is 0 Å². The van der Waals surface area contributed by atoms with Gasteiger partial charge in [-0.15, -0.1) is 11.3 Å². The predicted molar refractivity (Wildman–Crippen MR) is 71.9 cm³/mol. The molecule has 1 aromatic heterocycles. The molecule has 0 saturated carbocycles. The zero-order chi connectivity index (χ0) is 13.7. The molecule has 0 saturated heterocycles. The summed E-state index contributed by atoms with van der Waals surface area (Å²) in [5.74, 6) is -0.879. The zero-order valence-corrected chi connectivity index (χ0v) is 11.1. The smallest absolute Gasteiger partial charge is 0.325 e. The molecule has 0 aliphatic rings. The molecule has 2 aromatic rings. The van der Waals surface area contributed by atoms with Crippen LogP contribution >= 0.6 is 11.3 Å². The largest absolute Gasteiger partial charge is 0.468 e. The van der Waals surface area contributed by atoms with Crippen LogP contribution in [0.1, 0.15) is 10.5 Å². The van der Waals surface area contributed by atoms with Crippen molar-refractivity contribution >= 4 is 23.2 Å². The molecule has 5 nitrogen and oxygen atoms in total. The van der Waals surface area contributed by atoms with Gasteiger partial charge in [-0.1, -0.05) is 30.3 Å². The summed E-state index contributed by atoms with van der Waals surface area (Å²) < 4.78 is 4.44. The number of hydrogen-bond donors (Lipinski definition) is 1. The number of thiazole rings is 1. The monoisotopic (exact) mass is 276 g/mol. The third-order valence-corrected chi connectivity index (χ3v) is 3.27. The van der Waals surface area contributed by atoms with E-state index in [0.29, 0.717) is 5.69 Å². The Morgan fingerprint density at radius 1 is 1.32 bits per heavy atom. The minimum absolute atomic E-state index is 0.159. The third kappa shape index (κ3) is 3.38. The Morgan fingerprint density at radius 3 is 2.74 bits per heavy atom. The number of esters is 1. The number of nitrogens with zero attached hydrogens (tertiary/aromatic N) is 1. The van der Waals surface area contributed by atoms with Crippen molar-refractivity contribution in [3.63, 3.8) is 0 Å². The maximum absolute atomic E-state index is 11.7. The van der Waals surface area contributed by atoms with E-state index in [1.165, 1.54) is 18.4 Å². The second kappa shape index (κ2) is 6.10. The predicted octanol–water partition coefficient (Wildman–Crippen LogP) is 1.71. The van der Waals surface area contributed by atoms with Gasteiger partial charge < -0.3 is 10.1 Å². The van der Waals surface area contributed by atoms with E-state index in [2.05, 4.69) is 15.0 Å². The lowest BCUT2D eigenvalue weighted by atomic mass is 10.2. The molecule has 0 aliphatic heterocycles. The van der Waals surface area contributed by atoms with Crippen LogP contribution in [0.5, 0.6) is 0 Å². The van der Waals surface area contributed by atoms with Gasteiger partial charge in [0.25, 0.3) is 5.91 Å². The standard InChI is InChI=1S/C13H12N2O3S/c1-18-11(16)7-14-12(17)10-8-19-13(15-10)9-5-3-2-4-6-9/h2-6,8H,7H2,1H3,(H,14,17). The number of benzene rings is 1. The Labute approximate surface area is 114 Å². The maximum atomic E-state index is 11.7. The minimum Gasteiger partial charge on any atom is -0.468 e. The average molecular weight is 276 g/mol. The van der Waals surface area contributed by atoms with Crippen molar-refractivity contribution < 1.29 is 14.3 Å². The van der Waals surface area contributed by atoms with Gasteiger partial charge >= 0.3 is 5.97 Å². The van der Waals surface area contributed by atoms with Gasteiger partial charge in [-0.25, -0.2) is 4.98 Å². The molecule has 1 amide bonds. The number of rotatable bonds is 4. The molecule has 0 spiro atoms. The molecule has 1 N–H and O–H groups in total. The van der Waals surface area contributed by atoms with Gasteiger partial charge in [0.15, 0.2) is 0 Å². The molecule has 19 heavy (non-hydrogen) atoms. The van der Waals surface area contributed by atoms with E-state index in [1.54, 1.807) is 5.38 Å². The van der Waals surface area contributed by atoms with Crippen LogP contribution in [0.4, 0.5) is 0 Å². The second-order valence-electron chi connectivity index (χ2n) is 3.66. The minimum atomic E-state index is -0.494. The van der Waals surface area contributed by atoms with Crippen molar-refractivity contribution in [1.82, 2.24) is 10.3 Å². The van der Waals surface area contributed by atoms with Gasteiger partial charge in [0.05, 0.1) is 7.11 Å². The summed E-state index contributed by atoms with van der Waals surface area (Å²) in [7, 11) is 1.27. The van der Waals surface area contributed by atoms with E-state index in [0.717, 1.165) is 10.6 Å². The van der Waals surface area contributed by atoms with Gasteiger partial charge in [0.1, 0.15) is 17.2 Å². The number of methoxy groups -OCH3 is 1. The Morgan fingerprint density at radius 2 is 2.05 bits per heavy atom. The summed E-state index contributed by atoms with van der Waals surface area (Å²) in [6, 6.07) is 9.59. The fourth-order valence-corrected chi connectivity index (χ4v) is 2.21. The number of ether oxygens (including phenoxy) is 1. The number of nitrogens with one attached hydrogen (secondary N) is 1. The average Bonchev–Trinajstić information content (AvgIpc) is 2.95. The Balaban J connectivity index is 2.05. The van der Waals surface area contributed by atoms with Crippen LogP contribution in [-0.4, -0.2) is 30.5 Å². The molecule has 98 valence electrons. The van der Waals surface area contributed by atoms with Crippen LogP contribution in [0.3, 0.4) is 0 Å². The maximum Gasteiger partial charge on any atom is 0.325 e. The van der Waals surface area contributed by atoms with Gasteiger partial charge in [0, 0.05) is 10.9 Å². The summed E-state index contributed by atoms with van der Waals surface area (Å²) in [6.45, 7) is -0.159. The van der Waals surface area contributed by atoms with E-state index in [1.807, 2.05) is 30.3 Å². The first kappa shape index (κ1) is 13.2. The van der Waals surface area contributed by atoms with Crippen molar-refractivity contribution in [2.45, 2.75) is 0 Å². The van der Waals surface area contributed by atoms with Crippen molar-refractivity contribution in [3.05, 3.63) is 41.4 Å². The number of hydrogen-bond acceptors (Lipinski definition) is 5. The molecular weight excluding hydrogens is 264 g/mol. The molecule has 1 heterocycles. The molecule has 0 bridgehead atoms. The number of aromatic nitrogens is 1. The van der Waals surface area contributed by atoms with E-state index < -0.39 is 5.97 Å². The Kier molecular flexibility index (Phi) is 4.25. The van der Waals surface area contributed by atoms with E-state index in [4.69, 9.17) is 0 Å². The quantitative estimate of drug-likeness (QED) is 0.863. The van der Waals surface area contributed by atoms with Gasteiger partial charge in [0.2, 0.25) is 0 Å². The fraction of sp³-hybridized carbons (Fsp3) is 0.154. The fourth-order valence-electron chi connectivity index (χ4n) is 1.41. The van der Waals surface area contributed by atoms with Crippen LogP contribution < -0.4 is 5.32 Å². The summed E-state index contributed by atoms with van der Waals surface area (Å²) >= 11 is 1.38. The Hall–Kier alpha value is -2.21. The van der Waals surface area contributed by atoms with Crippen LogP contribution in [-0.2, 0) is 9.53 Å². The van der Waals surface area contributed by atoms with E-state index in [9.17, 15) is 9.59 Å². The number of carbonyl (C=O) groups excluding carboxylic acids is 2. The molecule has 0 unspecified atom stereocenters. The van der Waals surface area contributed by atoms with Crippen LogP contribution in [0, 0.1) is 0 Å². The SMILES string of the molecule is COC(=O)CNC(=O)c1csc(-c2ccccc2)n1. The molecule has 0 radical (unpaired) electrons. The lowest BCUT2D eigenvalue weighted by Gasteiger charge is -2.00. The van der Waals surface area contributed by atoms with Crippen LogP contribution in [0.25, 0.3) is 10.6 Å². The molecule has 0 atom stereocenters. The summed E-state index contributed by atoms with van der Waals surface area (Å²) in [4.78, 5) is 26.9. The van der Waals surface area contributed by atoms with Crippen LogP contribution in [0.2, 0.25) is 0 Å². The highest BCUT2D eigenvalue weighted by Crippen LogP contribution is 2.23. The van der Waals surface area contributed by atoms with Crippen molar-refractivity contribution in [2.24, 2.45) is 0 Å². The first-order valence-electron chi connectivity index (χ1n) is 5.56. The zero-order valence-electron chi connectivity index (χ0n) is 10.3. The van der Waals surface area contributed by atoms with E-state index in [-0.39, 0.29) is 12.5 Å². The third-order valence-electron chi connectivity index (χ3n) is 2.38.